The van der Waals surface area contributed by atoms with Crippen molar-refractivity contribution in [1.29, 1.82) is 0 Å². The highest BCUT2D eigenvalue weighted by molar-refractivity contribution is 7.99. The number of halogens is 1. The number of hydrogen-bond donors (Lipinski definition) is 1. The van der Waals surface area contributed by atoms with Crippen LogP contribution in [0.4, 0.5) is 4.39 Å². The van der Waals surface area contributed by atoms with Crippen LogP contribution in [-0.2, 0) is 11.2 Å². The van der Waals surface area contributed by atoms with Crippen molar-refractivity contribution in [3.05, 3.63) is 53.1 Å². The second kappa shape index (κ2) is 7.60. The van der Waals surface area contributed by atoms with Gasteiger partial charge in [-0.2, -0.15) is 4.98 Å². The first-order valence-corrected chi connectivity index (χ1v) is 8.85. The maximum Gasteiger partial charge on any atom is 0.253 e. The topological polar surface area (TPSA) is 72.2 Å². The largest absolute Gasteiger partial charge is 0.355 e. The van der Waals surface area contributed by atoms with E-state index in [1.165, 1.54) is 17.8 Å². The Morgan fingerprint density at radius 1 is 1.28 bits per heavy atom. The van der Waals surface area contributed by atoms with Crippen molar-refractivity contribution in [3.8, 4) is 0 Å². The minimum absolute atomic E-state index is 0.138. The van der Waals surface area contributed by atoms with Crippen molar-refractivity contribution in [2.75, 3.05) is 12.3 Å². The molecule has 1 aromatic carbocycles. The summed E-state index contributed by atoms with van der Waals surface area (Å²) in [7, 11) is 0. The second-order valence-corrected chi connectivity index (χ2v) is 6.57. The summed E-state index contributed by atoms with van der Waals surface area (Å²) in [6.07, 6.45) is 0.456. The molecule has 2 aromatic heterocycles. The molecule has 0 saturated heterocycles. The smallest absolute Gasteiger partial charge is 0.253 e. The zero-order chi connectivity index (χ0) is 17.8. The van der Waals surface area contributed by atoms with E-state index in [0.29, 0.717) is 29.5 Å². The standard InChI is InChI=1S/C17H18FN5OS/c1-11-9-12(2)23-16(20-11)21-17(22-23)25-10-15(24)19-8-7-13-5-3-4-6-14(13)18/h3-6,9H,7-8,10H2,1-2H3,(H,19,24). The summed E-state index contributed by atoms with van der Waals surface area (Å²) in [4.78, 5) is 20.6. The molecule has 0 bridgehead atoms. The molecule has 0 atom stereocenters. The predicted octanol–water partition coefficient (Wildman–Crippen LogP) is 2.33. The lowest BCUT2D eigenvalue weighted by Crippen LogP contribution is -2.27. The van der Waals surface area contributed by atoms with Gasteiger partial charge in [-0.25, -0.2) is 13.9 Å². The number of nitrogens with one attached hydrogen (secondary N) is 1. The average Bonchev–Trinajstić information content (AvgIpc) is 2.98. The number of amides is 1. The lowest BCUT2D eigenvalue weighted by molar-refractivity contribution is -0.118. The molecule has 130 valence electrons. The number of rotatable bonds is 6. The van der Waals surface area contributed by atoms with Gasteiger partial charge in [0.05, 0.1) is 5.75 Å². The number of benzene rings is 1. The fraction of sp³-hybridized carbons (Fsp3) is 0.294. The minimum atomic E-state index is -0.252. The molecule has 0 radical (unpaired) electrons. The zero-order valence-electron chi connectivity index (χ0n) is 14.0. The third-order valence-electron chi connectivity index (χ3n) is 3.61. The maximum atomic E-state index is 13.5. The number of thioether (sulfide) groups is 1. The van der Waals surface area contributed by atoms with Gasteiger partial charge in [0.1, 0.15) is 5.82 Å². The molecule has 0 aliphatic carbocycles. The van der Waals surface area contributed by atoms with Gasteiger partial charge in [0.15, 0.2) is 0 Å². The third-order valence-corrected chi connectivity index (χ3v) is 4.44. The first-order chi connectivity index (χ1) is 12.0. The van der Waals surface area contributed by atoms with Gasteiger partial charge in [-0.1, -0.05) is 30.0 Å². The van der Waals surface area contributed by atoms with Gasteiger partial charge in [0.25, 0.3) is 5.78 Å². The molecule has 1 amide bonds. The number of hydrogen-bond acceptors (Lipinski definition) is 5. The monoisotopic (exact) mass is 359 g/mol. The highest BCUT2D eigenvalue weighted by Crippen LogP contribution is 2.15. The fourth-order valence-corrected chi connectivity index (χ4v) is 3.08. The van der Waals surface area contributed by atoms with Gasteiger partial charge in [-0.3, -0.25) is 4.79 Å². The Hall–Kier alpha value is -2.48. The average molecular weight is 359 g/mol. The molecule has 0 unspecified atom stereocenters. The van der Waals surface area contributed by atoms with Crippen LogP contribution in [0.2, 0.25) is 0 Å². The summed E-state index contributed by atoms with van der Waals surface area (Å²) in [5.74, 6) is 0.339. The van der Waals surface area contributed by atoms with E-state index in [1.54, 1.807) is 22.7 Å². The lowest BCUT2D eigenvalue weighted by atomic mass is 10.1. The maximum absolute atomic E-state index is 13.5. The van der Waals surface area contributed by atoms with Crippen molar-refractivity contribution in [1.82, 2.24) is 24.9 Å². The summed E-state index contributed by atoms with van der Waals surface area (Å²) in [5, 5.41) is 7.62. The van der Waals surface area contributed by atoms with E-state index < -0.39 is 0 Å². The summed E-state index contributed by atoms with van der Waals surface area (Å²) in [6, 6.07) is 8.48. The molecule has 3 rings (SSSR count). The van der Waals surface area contributed by atoms with E-state index in [0.717, 1.165) is 11.4 Å². The van der Waals surface area contributed by atoms with Crippen LogP contribution in [0, 0.1) is 19.7 Å². The summed E-state index contributed by atoms with van der Waals surface area (Å²) in [5.41, 5.74) is 2.41. The van der Waals surface area contributed by atoms with Crippen molar-refractivity contribution in [2.24, 2.45) is 0 Å². The predicted molar refractivity (Wildman–Crippen MR) is 94.1 cm³/mol. The van der Waals surface area contributed by atoms with Crippen LogP contribution >= 0.6 is 11.8 Å². The van der Waals surface area contributed by atoms with Crippen molar-refractivity contribution < 1.29 is 9.18 Å². The highest BCUT2D eigenvalue weighted by Gasteiger charge is 2.10. The van der Waals surface area contributed by atoms with E-state index in [9.17, 15) is 9.18 Å². The van der Waals surface area contributed by atoms with Crippen LogP contribution in [-0.4, -0.2) is 37.8 Å². The van der Waals surface area contributed by atoms with Gasteiger partial charge >= 0.3 is 0 Å². The Bertz CT molecular complexity index is 911. The molecule has 0 aliphatic rings. The quantitative estimate of drug-likeness (QED) is 0.684. The number of carbonyl (C=O) groups is 1. The van der Waals surface area contributed by atoms with Crippen LogP contribution in [0.3, 0.4) is 0 Å². The summed E-state index contributed by atoms with van der Waals surface area (Å²) < 4.78 is 15.2. The van der Waals surface area contributed by atoms with E-state index in [4.69, 9.17) is 0 Å². The molecule has 0 saturated carbocycles. The summed E-state index contributed by atoms with van der Waals surface area (Å²) in [6.45, 7) is 4.22. The molecule has 0 spiro atoms. The van der Waals surface area contributed by atoms with Crippen LogP contribution in [0.15, 0.2) is 35.5 Å². The molecular weight excluding hydrogens is 341 g/mol. The van der Waals surface area contributed by atoms with Gasteiger partial charge in [-0.15, -0.1) is 5.10 Å². The number of carbonyl (C=O) groups excluding carboxylic acids is 1. The molecular formula is C17H18FN5OS. The normalized spacial score (nSPS) is 11.0. The summed E-state index contributed by atoms with van der Waals surface area (Å²) >= 11 is 1.25. The van der Waals surface area contributed by atoms with E-state index >= 15 is 0 Å². The molecule has 0 fully saturated rings. The molecule has 8 heteroatoms. The molecule has 2 heterocycles. The molecule has 6 nitrogen and oxygen atoms in total. The number of fused-ring (bicyclic) bond motifs is 1. The van der Waals surface area contributed by atoms with Crippen LogP contribution in [0.5, 0.6) is 0 Å². The van der Waals surface area contributed by atoms with Crippen molar-refractivity contribution in [3.63, 3.8) is 0 Å². The Labute approximate surface area is 148 Å². The van der Waals surface area contributed by atoms with E-state index in [1.807, 2.05) is 19.9 Å². The van der Waals surface area contributed by atoms with E-state index in [-0.39, 0.29) is 17.5 Å². The van der Waals surface area contributed by atoms with E-state index in [2.05, 4.69) is 20.4 Å². The Morgan fingerprint density at radius 2 is 2.08 bits per heavy atom. The van der Waals surface area contributed by atoms with Crippen molar-refractivity contribution >= 4 is 23.4 Å². The molecule has 25 heavy (non-hydrogen) atoms. The second-order valence-electron chi connectivity index (χ2n) is 5.63. The van der Waals surface area contributed by atoms with Crippen LogP contribution in [0.1, 0.15) is 17.0 Å². The highest BCUT2D eigenvalue weighted by atomic mass is 32.2. The number of aromatic nitrogens is 4. The van der Waals surface area contributed by atoms with Gasteiger partial charge in [0, 0.05) is 17.9 Å². The molecule has 1 N–H and O–H groups in total. The fourth-order valence-electron chi connectivity index (χ4n) is 2.43. The number of aryl methyl sites for hydroxylation is 2. The molecule has 3 aromatic rings. The molecule has 0 aliphatic heterocycles. The Kier molecular flexibility index (Phi) is 5.28. The Morgan fingerprint density at radius 3 is 2.88 bits per heavy atom. The first-order valence-electron chi connectivity index (χ1n) is 7.87. The minimum Gasteiger partial charge on any atom is -0.355 e. The number of nitrogens with zero attached hydrogens (tertiary/aromatic N) is 4. The van der Waals surface area contributed by atoms with Gasteiger partial charge in [-0.05, 0) is 38.0 Å². The Balaban J connectivity index is 1.51. The van der Waals surface area contributed by atoms with Crippen molar-refractivity contribution in [2.45, 2.75) is 25.4 Å². The first kappa shape index (κ1) is 17.3. The zero-order valence-corrected chi connectivity index (χ0v) is 14.8. The SMILES string of the molecule is Cc1cc(C)n2nc(SCC(=O)NCCc3ccccc3F)nc2n1. The van der Waals surface area contributed by atoms with Crippen LogP contribution in [0.25, 0.3) is 5.78 Å². The van der Waals surface area contributed by atoms with Gasteiger partial charge in [0.2, 0.25) is 11.1 Å². The third kappa shape index (κ3) is 4.33. The van der Waals surface area contributed by atoms with Crippen LogP contribution < -0.4 is 5.32 Å². The lowest BCUT2D eigenvalue weighted by Gasteiger charge is -2.05. The van der Waals surface area contributed by atoms with Gasteiger partial charge < -0.3 is 5.32 Å².